The van der Waals surface area contributed by atoms with Crippen molar-refractivity contribution in [2.24, 2.45) is 4.99 Å². The molecule has 1 heterocycles. The smallest absolute Gasteiger partial charge is 0.161 e. The molecule has 0 N–H and O–H groups in total. The molecule has 1 aliphatic rings. The van der Waals surface area contributed by atoms with Crippen molar-refractivity contribution in [2.75, 3.05) is 27.4 Å². The maximum atomic E-state index is 5.51. The van der Waals surface area contributed by atoms with Crippen LogP contribution in [0.2, 0.25) is 0 Å². The summed E-state index contributed by atoms with van der Waals surface area (Å²) in [6.07, 6.45) is 0.913. The molecule has 0 aromatic heterocycles. The topological polar surface area (TPSA) is 40.0 Å². The predicted octanol–water partition coefficient (Wildman–Crippen LogP) is 3.50. The molecule has 2 aromatic carbocycles. The second-order valence-corrected chi connectivity index (χ2v) is 5.30. The zero-order valence-corrected chi connectivity index (χ0v) is 13.8. The fourth-order valence-electron chi connectivity index (χ4n) is 2.84. The van der Waals surface area contributed by atoms with Gasteiger partial charge in [0, 0.05) is 17.7 Å². The van der Waals surface area contributed by atoms with Gasteiger partial charge in [0.2, 0.25) is 0 Å². The Labute approximate surface area is 136 Å². The van der Waals surface area contributed by atoms with Gasteiger partial charge in [-0.05, 0) is 55.3 Å². The number of ether oxygens (including phenoxy) is 3. The van der Waals surface area contributed by atoms with Crippen LogP contribution in [0.25, 0.3) is 0 Å². The van der Waals surface area contributed by atoms with Gasteiger partial charge in [-0.25, -0.2) is 0 Å². The number of rotatable bonds is 5. The van der Waals surface area contributed by atoms with E-state index in [-0.39, 0.29) is 0 Å². The molecule has 0 amide bonds. The van der Waals surface area contributed by atoms with Crippen molar-refractivity contribution < 1.29 is 14.2 Å². The van der Waals surface area contributed by atoms with Gasteiger partial charge in [-0.1, -0.05) is 0 Å². The van der Waals surface area contributed by atoms with Crippen LogP contribution in [0.5, 0.6) is 17.2 Å². The van der Waals surface area contributed by atoms with E-state index in [0.29, 0.717) is 6.61 Å². The quantitative estimate of drug-likeness (QED) is 0.848. The van der Waals surface area contributed by atoms with E-state index in [4.69, 9.17) is 19.2 Å². The van der Waals surface area contributed by atoms with Crippen molar-refractivity contribution >= 4 is 5.71 Å². The largest absolute Gasteiger partial charge is 0.494 e. The third-order valence-corrected chi connectivity index (χ3v) is 3.95. The van der Waals surface area contributed by atoms with Gasteiger partial charge in [0.1, 0.15) is 5.75 Å². The van der Waals surface area contributed by atoms with Gasteiger partial charge in [0.15, 0.2) is 11.5 Å². The molecule has 0 atom stereocenters. The third-order valence-electron chi connectivity index (χ3n) is 3.95. The summed E-state index contributed by atoms with van der Waals surface area (Å²) in [5, 5.41) is 0. The molecular formula is C19H21NO3. The monoisotopic (exact) mass is 311 g/mol. The van der Waals surface area contributed by atoms with Crippen molar-refractivity contribution in [3.63, 3.8) is 0 Å². The minimum atomic E-state index is 0.667. The SMILES string of the molecule is CCOc1ccc(C2=NCCc3cc(OC)c(OC)cc32)cc1. The molecule has 23 heavy (non-hydrogen) atoms. The summed E-state index contributed by atoms with van der Waals surface area (Å²) in [6.45, 7) is 3.43. The Balaban J connectivity index is 2.01. The normalized spacial score (nSPS) is 13.1. The zero-order chi connectivity index (χ0) is 16.2. The van der Waals surface area contributed by atoms with Crippen LogP contribution in [0.4, 0.5) is 0 Å². The Morgan fingerprint density at radius 3 is 2.35 bits per heavy atom. The van der Waals surface area contributed by atoms with Crippen LogP contribution >= 0.6 is 0 Å². The van der Waals surface area contributed by atoms with E-state index in [1.807, 2.05) is 25.1 Å². The highest BCUT2D eigenvalue weighted by molar-refractivity contribution is 6.14. The van der Waals surface area contributed by atoms with Crippen LogP contribution in [0.15, 0.2) is 41.4 Å². The fraction of sp³-hybridized carbons (Fsp3) is 0.316. The fourth-order valence-corrected chi connectivity index (χ4v) is 2.84. The van der Waals surface area contributed by atoms with Crippen molar-refractivity contribution in [2.45, 2.75) is 13.3 Å². The highest BCUT2D eigenvalue weighted by Gasteiger charge is 2.19. The van der Waals surface area contributed by atoms with Crippen molar-refractivity contribution in [3.8, 4) is 17.2 Å². The summed E-state index contributed by atoms with van der Waals surface area (Å²) in [4.78, 5) is 4.73. The third kappa shape index (κ3) is 3.02. The minimum absolute atomic E-state index is 0.667. The Morgan fingerprint density at radius 1 is 1.00 bits per heavy atom. The maximum absolute atomic E-state index is 5.51. The average molecular weight is 311 g/mol. The summed E-state index contributed by atoms with van der Waals surface area (Å²) in [5.74, 6) is 2.37. The number of methoxy groups -OCH3 is 2. The summed E-state index contributed by atoms with van der Waals surface area (Å²) in [7, 11) is 3.31. The van der Waals surface area contributed by atoms with Gasteiger partial charge in [-0.2, -0.15) is 0 Å². The lowest BCUT2D eigenvalue weighted by atomic mass is 9.92. The van der Waals surface area contributed by atoms with Crippen molar-refractivity contribution in [3.05, 3.63) is 53.1 Å². The molecule has 0 bridgehead atoms. The molecule has 0 saturated carbocycles. The van der Waals surface area contributed by atoms with Gasteiger partial charge >= 0.3 is 0 Å². The van der Waals surface area contributed by atoms with Gasteiger partial charge in [0.25, 0.3) is 0 Å². The van der Waals surface area contributed by atoms with Crippen LogP contribution in [0.3, 0.4) is 0 Å². The Morgan fingerprint density at radius 2 is 1.70 bits per heavy atom. The second-order valence-electron chi connectivity index (χ2n) is 5.30. The van der Waals surface area contributed by atoms with E-state index in [2.05, 4.69) is 18.2 Å². The summed E-state index contributed by atoms with van der Waals surface area (Å²) in [5.41, 5.74) is 4.43. The Kier molecular flexibility index (Phi) is 4.51. The van der Waals surface area contributed by atoms with E-state index >= 15 is 0 Å². The molecule has 0 fully saturated rings. The number of fused-ring (bicyclic) bond motifs is 1. The molecule has 4 heteroatoms. The van der Waals surface area contributed by atoms with Crippen LogP contribution in [0, 0.1) is 0 Å². The lowest BCUT2D eigenvalue weighted by Crippen LogP contribution is -2.14. The molecule has 2 aromatic rings. The summed E-state index contributed by atoms with van der Waals surface area (Å²) >= 11 is 0. The average Bonchev–Trinajstić information content (AvgIpc) is 2.61. The lowest BCUT2D eigenvalue weighted by molar-refractivity contribution is 0.340. The standard InChI is InChI=1S/C19H21NO3/c1-4-23-15-7-5-13(6-8-15)19-16-12-18(22-3)17(21-2)11-14(16)9-10-20-19/h5-8,11-12H,4,9-10H2,1-3H3. The highest BCUT2D eigenvalue weighted by Crippen LogP contribution is 2.33. The summed E-state index contributed by atoms with van der Waals surface area (Å²) < 4.78 is 16.4. The first kappa shape index (κ1) is 15.4. The first-order chi connectivity index (χ1) is 11.3. The molecule has 0 spiro atoms. The Hall–Kier alpha value is -2.49. The van der Waals surface area contributed by atoms with E-state index in [9.17, 15) is 0 Å². The molecule has 4 nitrogen and oxygen atoms in total. The number of hydrogen-bond acceptors (Lipinski definition) is 4. The molecule has 0 aliphatic carbocycles. The molecule has 1 aliphatic heterocycles. The highest BCUT2D eigenvalue weighted by atomic mass is 16.5. The number of nitrogens with zero attached hydrogens (tertiary/aromatic N) is 1. The van der Waals surface area contributed by atoms with Gasteiger partial charge in [-0.3, -0.25) is 4.99 Å². The van der Waals surface area contributed by atoms with E-state index in [0.717, 1.165) is 47.1 Å². The molecule has 120 valence electrons. The number of benzene rings is 2. The van der Waals surface area contributed by atoms with Gasteiger partial charge in [0.05, 0.1) is 26.5 Å². The molecule has 0 unspecified atom stereocenters. The predicted molar refractivity (Wildman–Crippen MR) is 91.4 cm³/mol. The van der Waals surface area contributed by atoms with Crippen LogP contribution < -0.4 is 14.2 Å². The van der Waals surface area contributed by atoms with Crippen molar-refractivity contribution in [1.29, 1.82) is 0 Å². The molecule has 3 rings (SSSR count). The second kappa shape index (κ2) is 6.73. The van der Waals surface area contributed by atoms with E-state index < -0.39 is 0 Å². The number of aliphatic imine (C=N–C) groups is 1. The van der Waals surface area contributed by atoms with Crippen LogP contribution in [-0.4, -0.2) is 33.1 Å². The summed E-state index contributed by atoms with van der Waals surface area (Å²) in [6, 6.07) is 12.1. The molecular weight excluding hydrogens is 290 g/mol. The van der Waals surface area contributed by atoms with Crippen molar-refractivity contribution in [1.82, 2.24) is 0 Å². The van der Waals surface area contributed by atoms with Gasteiger partial charge in [-0.15, -0.1) is 0 Å². The maximum Gasteiger partial charge on any atom is 0.161 e. The zero-order valence-electron chi connectivity index (χ0n) is 13.8. The molecule has 0 saturated heterocycles. The van der Waals surface area contributed by atoms with Gasteiger partial charge < -0.3 is 14.2 Å². The number of hydrogen-bond donors (Lipinski definition) is 0. The van der Waals surface area contributed by atoms with E-state index in [1.54, 1.807) is 14.2 Å². The first-order valence-corrected chi connectivity index (χ1v) is 7.79. The van der Waals surface area contributed by atoms with E-state index in [1.165, 1.54) is 5.56 Å². The van der Waals surface area contributed by atoms with Crippen LogP contribution in [0.1, 0.15) is 23.6 Å². The Bertz CT molecular complexity index is 720. The molecule has 0 radical (unpaired) electrons. The minimum Gasteiger partial charge on any atom is -0.494 e. The lowest BCUT2D eigenvalue weighted by Gasteiger charge is -2.20. The van der Waals surface area contributed by atoms with Crippen LogP contribution in [-0.2, 0) is 6.42 Å². The first-order valence-electron chi connectivity index (χ1n) is 7.79.